The average molecular weight is 306 g/mol. The van der Waals surface area contributed by atoms with Crippen molar-refractivity contribution in [1.82, 2.24) is 4.90 Å². The maximum Gasteiger partial charge on any atom is 0.227 e. The smallest absolute Gasteiger partial charge is 0.227 e. The quantitative estimate of drug-likeness (QED) is 0.827. The van der Waals surface area contributed by atoms with E-state index in [4.69, 9.17) is 11.6 Å². The van der Waals surface area contributed by atoms with Gasteiger partial charge in [-0.1, -0.05) is 35.9 Å². The molecule has 104 valence electrons. The first-order valence-corrected chi connectivity index (χ1v) is 8.08. The van der Waals surface area contributed by atoms with E-state index in [-0.39, 0.29) is 11.9 Å². The highest BCUT2D eigenvalue weighted by molar-refractivity contribution is 7.10. The molecule has 2 aromatic rings. The van der Waals surface area contributed by atoms with Crippen molar-refractivity contribution in [3.8, 4) is 0 Å². The molecule has 4 heteroatoms. The molecule has 1 aliphatic rings. The predicted octanol–water partition coefficient (Wildman–Crippen LogP) is 4.31. The summed E-state index contributed by atoms with van der Waals surface area (Å²) >= 11 is 7.87. The maximum absolute atomic E-state index is 12.5. The van der Waals surface area contributed by atoms with Crippen molar-refractivity contribution in [3.63, 3.8) is 0 Å². The zero-order valence-electron chi connectivity index (χ0n) is 11.1. The molecule has 1 aliphatic heterocycles. The molecule has 0 spiro atoms. The van der Waals surface area contributed by atoms with Crippen LogP contribution >= 0.6 is 22.9 Å². The Morgan fingerprint density at radius 2 is 2.15 bits per heavy atom. The van der Waals surface area contributed by atoms with E-state index in [9.17, 15) is 4.79 Å². The molecule has 0 unspecified atom stereocenters. The van der Waals surface area contributed by atoms with Crippen molar-refractivity contribution in [3.05, 3.63) is 57.2 Å². The van der Waals surface area contributed by atoms with E-state index in [2.05, 4.69) is 17.5 Å². The molecule has 3 rings (SSSR count). The molecule has 1 atom stereocenters. The molecule has 1 fully saturated rings. The van der Waals surface area contributed by atoms with Gasteiger partial charge in [-0.3, -0.25) is 4.79 Å². The Balaban J connectivity index is 1.75. The van der Waals surface area contributed by atoms with Crippen molar-refractivity contribution >= 4 is 28.8 Å². The lowest BCUT2D eigenvalue weighted by atomic mass is 10.1. The van der Waals surface area contributed by atoms with E-state index in [0.29, 0.717) is 11.4 Å². The van der Waals surface area contributed by atoms with Crippen molar-refractivity contribution in [1.29, 1.82) is 0 Å². The van der Waals surface area contributed by atoms with E-state index in [1.807, 2.05) is 29.2 Å². The van der Waals surface area contributed by atoms with Gasteiger partial charge in [0, 0.05) is 16.4 Å². The minimum Gasteiger partial charge on any atom is -0.335 e. The predicted molar refractivity (Wildman–Crippen MR) is 83.2 cm³/mol. The third kappa shape index (κ3) is 2.74. The van der Waals surface area contributed by atoms with Crippen LogP contribution in [0.3, 0.4) is 0 Å². The molecule has 0 bridgehead atoms. The van der Waals surface area contributed by atoms with Crippen LogP contribution in [0.5, 0.6) is 0 Å². The number of hydrogen-bond acceptors (Lipinski definition) is 2. The number of nitrogens with zero attached hydrogens (tertiary/aromatic N) is 1. The third-order valence-electron chi connectivity index (χ3n) is 3.74. The number of amides is 1. The number of carbonyl (C=O) groups is 1. The van der Waals surface area contributed by atoms with Crippen LogP contribution in [0.15, 0.2) is 41.8 Å². The van der Waals surface area contributed by atoms with E-state index in [0.717, 1.165) is 24.9 Å². The standard InChI is InChI=1S/C16H16ClNOS/c17-13-6-2-1-5-12(13)11-16(19)18-9-3-7-14(18)15-8-4-10-20-15/h1-2,4-6,8,10,14H,3,7,9,11H2/t14-/m1/s1. The second kappa shape index (κ2) is 5.98. The number of carbonyl (C=O) groups excluding carboxylic acids is 1. The van der Waals surface area contributed by atoms with Gasteiger partial charge in [0.1, 0.15) is 0 Å². The molecular formula is C16H16ClNOS. The van der Waals surface area contributed by atoms with Gasteiger partial charge in [0.2, 0.25) is 5.91 Å². The minimum absolute atomic E-state index is 0.175. The van der Waals surface area contributed by atoms with E-state index in [1.165, 1.54) is 4.88 Å². The molecule has 2 heterocycles. The SMILES string of the molecule is O=C(Cc1ccccc1Cl)N1CCC[C@@H]1c1cccs1. The molecule has 1 aromatic heterocycles. The lowest BCUT2D eigenvalue weighted by Crippen LogP contribution is -2.31. The Kier molecular flexibility index (Phi) is 4.08. The average Bonchev–Trinajstić information content (AvgIpc) is 3.11. The van der Waals surface area contributed by atoms with Crippen LogP contribution in [-0.4, -0.2) is 17.4 Å². The Labute approximate surface area is 128 Å². The summed E-state index contributed by atoms with van der Waals surface area (Å²) in [5.74, 6) is 0.175. The molecule has 1 amide bonds. The van der Waals surface area contributed by atoms with Crippen LogP contribution in [0.2, 0.25) is 5.02 Å². The fraction of sp³-hybridized carbons (Fsp3) is 0.312. The molecule has 1 aromatic carbocycles. The Bertz CT molecular complexity index is 596. The zero-order valence-corrected chi connectivity index (χ0v) is 12.7. The zero-order chi connectivity index (χ0) is 13.9. The number of likely N-dealkylation sites (tertiary alicyclic amines) is 1. The summed E-state index contributed by atoms with van der Waals surface area (Å²) < 4.78 is 0. The van der Waals surface area contributed by atoms with Gasteiger partial charge >= 0.3 is 0 Å². The largest absolute Gasteiger partial charge is 0.335 e. The van der Waals surface area contributed by atoms with Gasteiger partial charge in [-0.25, -0.2) is 0 Å². The van der Waals surface area contributed by atoms with Crippen LogP contribution in [-0.2, 0) is 11.2 Å². The Morgan fingerprint density at radius 3 is 2.90 bits per heavy atom. The van der Waals surface area contributed by atoms with Gasteiger partial charge in [-0.15, -0.1) is 11.3 Å². The first-order chi connectivity index (χ1) is 9.75. The van der Waals surface area contributed by atoms with Crippen molar-refractivity contribution < 1.29 is 4.79 Å². The normalized spacial score (nSPS) is 18.4. The molecule has 0 saturated carbocycles. The molecule has 2 nitrogen and oxygen atoms in total. The van der Waals surface area contributed by atoms with Crippen molar-refractivity contribution in [2.45, 2.75) is 25.3 Å². The second-order valence-corrected chi connectivity index (χ2v) is 6.42. The van der Waals surface area contributed by atoms with Crippen LogP contribution < -0.4 is 0 Å². The highest BCUT2D eigenvalue weighted by Crippen LogP contribution is 2.35. The minimum atomic E-state index is 0.175. The monoisotopic (exact) mass is 305 g/mol. The van der Waals surface area contributed by atoms with Gasteiger partial charge in [0.25, 0.3) is 0 Å². The second-order valence-electron chi connectivity index (χ2n) is 5.03. The van der Waals surface area contributed by atoms with Crippen molar-refractivity contribution in [2.75, 3.05) is 6.54 Å². The summed E-state index contributed by atoms with van der Waals surface area (Å²) in [5.41, 5.74) is 0.913. The van der Waals surface area contributed by atoms with Gasteiger partial charge in [-0.2, -0.15) is 0 Å². The molecular weight excluding hydrogens is 290 g/mol. The Morgan fingerprint density at radius 1 is 1.30 bits per heavy atom. The lowest BCUT2D eigenvalue weighted by Gasteiger charge is -2.24. The van der Waals surface area contributed by atoms with Gasteiger partial charge < -0.3 is 4.90 Å². The molecule has 1 saturated heterocycles. The molecule has 20 heavy (non-hydrogen) atoms. The first-order valence-electron chi connectivity index (χ1n) is 6.82. The van der Waals surface area contributed by atoms with Gasteiger partial charge in [-0.05, 0) is 35.9 Å². The topological polar surface area (TPSA) is 20.3 Å². The summed E-state index contributed by atoms with van der Waals surface area (Å²) in [6, 6.07) is 12.0. The molecule has 0 aliphatic carbocycles. The Hall–Kier alpha value is -1.32. The maximum atomic E-state index is 12.5. The summed E-state index contributed by atoms with van der Waals surface area (Å²) in [7, 11) is 0. The van der Waals surface area contributed by atoms with Gasteiger partial charge in [0.15, 0.2) is 0 Å². The summed E-state index contributed by atoms with van der Waals surface area (Å²) in [6.45, 7) is 0.853. The van der Waals surface area contributed by atoms with Crippen LogP contribution in [0.1, 0.15) is 29.3 Å². The fourth-order valence-electron chi connectivity index (χ4n) is 2.75. The number of thiophene rings is 1. The van der Waals surface area contributed by atoms with Crippen molar-refractivity contribution in [2.24, 2.45) is 0 Å². The number of rotatable bonds is 3. The number of halogens is 1. The molecule has 0 N–H and O–H groups in total. The highest BCUT2D eigenvalue weighted by atomic mass is 35.5. The first kappa shape index (κ1) is 13.7. The third-order valence-corrected chi connectivity index (χ3v) is 5.09. The number of benzene rings is 1. The fourth-order valence-corrected chi connectivity index (χ4v) is 3.82. The van der Waals surface area contributed by atoms with E-state index >= 15 is 0 Å². The highest BCUT2D eigenvalue weighted by Gasteiger charge is 2.30. The van der Waals surface area contributed by atoms with Gasteiger partial charge in [0.05, 0.1) is 12.5 Å². The summed E-state index contributed by atoms with van der Waals surface area (Å²) in [5, 5.41) is 2.75. The lowest BCUT2D eigenvalue weighted by molar-refractivity contribution is -0.131. The molecule has 0 radical (unpaired) electrons. The van der Waals surface area contributed by atoms with Crippen LogP contribution in [0.4, 0.5) is 0 Å². The summed E-state index contributed by atoms with van der Waals surface area (Å²) in [4.78, 5) is 15.8. The van der Waals surface area contributed by atoms with E-state index in [1.54, 1.807) is 11.3 Å². The number of hydrogen-bond donors (Lipinski definition) is 0. The summed E-state index contributed by atoms with van der Waals surface area (Å²) in [6.07, 6.45) is 2.53. The van der Waals surface area contributed by atoms with Crippen LogP contribution in [0, 0.1) is 0 Å². The van der Waals surface area contributed by atoms with E-state index < -0.39 is 0 Å². The van der Waals surface area contributed by atoms with Crippen LogP contribution in [0.25, 0.3) is 0 Å².